The molecule has 1 aromatic carbocycles. The van der Waals surface area contributed by atoms with Crippen molar-refractivity contribution in [2.24, 2.45) is 11.7 Å². The number of anilines is 1. The molecule has 0 saturated carbocycles. The number of carbonyl (C=O) groups excluding carboxylic acids is 1. The summed E-state index contributed by atoms with van der Waals surface area (Å²) in [7, 11) is 1.84. The average molecular weight is 291 g/mol. The molecule has 0 fully saturated rings. The van der Waals surface area contributed by atoms with Crippen molar-refractivity contribution in [3.05, 3.63) is 29.3 Å². The molecule has 0 aliphatic rings. The third-order valence-electron chi connectivity index (χ3n) is 3.98. The van der Waals surface area contributed by atoms with Crippen LogP contribution in [-0.2, 0) is 4.79 Å². The number of rotatable bonds is 7. The molecule has 0 aromatic heterocycles. The van der Waals surface area contributed by atoms with E-state index < -0.39 is 0 Å². The van der Waals surface area contributed by atoms with Crippen molar-refractivity contribution in [1.82, 2.24) is 4.90 Å². The van der Waals surface area contributed by atoms with Crippen molar-refractivity contribution in [2.45, 2.75) is 40.2 Å². The lowest BCUT2D eigenvalue weighted by Gasteiger charge is -2.22. The highest BCUT2D eigenvalue weighted by Gasteiger charge is 2.13. The highest BCUT2D eigenvalue weighted by Crippen LogP contribution is 2.18. The second kappa shape index (κ2) is 8.03. The van der Waals surface area contributed by atoms with Crippen LogP contribution in [0, 0.1) is 19.8 Å². The summed E-state index contributed by atoms with van der Waals surface area (Å²) in [4.78, 5) is 13.9. The van der Waals surface area contributed by atoms with Crippen LogP contribution in [0.3, 0.4) is 0 Å². The quantitative estimate of drug-likeness (QED) is 0.811. The van der Waals surface area contributed by atoms with E-state index in [2.05, 4.69) is 19.2 Å². The SMILES string of the molecule is Cc1cccc(C)c1NCC(=O)N(C)CCC(N)C(C)C. The Kier molecular flexibility index (Phi) is 6.69. The van der Waals surface area contributed by atoms with Gasteiger partial charge in [0, 0.05) is 25.3 Å². The molecule has 3 N–H and O–H groups in total. The molecule has 4 heteroatoms. The minimum atomic E-state index is 0.0913. The summed E-state index contributed by atoms with van der Waals surface area (Å²) in [6.45, 7) is 9.33. The lowest BCUT2D eigenvalue weighted by atomic mass is 10.0. The number of para-hydroxylation sites is 1. The van der Waals surface area contributed by atoms with Gasteiger partial charge in [-0.2, -0.15) is 0 Å². The molecule has 1 amide bonds. The Labute approximate surface area is 128 Å². The molecule has 0 bridgehead atoms. The second-order valence-electron chi connectivity index (χ2n) is 6.13. The molecule has 1 aromatic rings. The van der Waals surface area contributed by atoms with Gasteiger partial charge < -0.3 is 16.0 Å². The molecule has 1 rings (SSSR count). The van der Waals surface area contributed by atoms with Gasteiger partial charge in [-0.1, -0.05) is 32.0 Å². The van der Waals surface area contributed by atoms with Crippen LogP contribution in [0.2, 0.25) is 0 Å². The van der Waals surface area contributed by atoms with Crippen LogP contribution in [0.5, 0.6) is 0 Å². The molecule has 0 spiro atoms. The van der Waals surface area contributed by atoms with Crippen LogP contribution in [-0.4, -0.2) is 37.0 Å². The Morgan fingerprint density at radius 3 is 2.38 bits per heavy atom. The first-order chi connectivity index (χ1) is 9.82. The number of amides is 1. The van der Waals surface area contributed by atoms with Gasteiger partial charge in [0.15, 0.2) is 0 Å². The lowest BCUT2D eigenvalue weighted by molar-refractivity contribution is -0.128. The van der Waals surface area contributed by atoms with Gasteiger partial charge in [-0.15, -0.1) is 0 Å². The van der Waals surface area contributed by atoms with Gasteiger partial charge in [-0.05, 0) is 37.3 Å². The first-order valence-electron chi connectivity index (χ1n) is 7.62. The maximum atomic E-state index is 12.1. The molecule has 21 heavy (non-hydrogen) atoms. The predicted molar refractivity (Wildman–Crippen MR) is 89.5 cm³/mol. The van der Waals surface area contributed by atoms with Crippen molar-refractivity contribution >= 4 is 11.6 Å². The van der Waals surface area contributed by atoms with E-state index in [9.17, 15) is 4.79 Å². The fourth-order valence-corrected chi connectivity index (χ4v) is 2.19. The first kappa shape index (κ1) is 17.5. The monoisotopic (exact) mass is 291 g/mol. The van der Waals surface area contributed by atoms with E-state index in [0.717, 1.165) is 23.2 Å². The van der Waals surface area contributed by atoms with E-state index in [-0.39, 0.29) is 11.9 Å². The van der Waals surface area contributed by atoms with E-state index in [1.807, 2.05) is 39.1 Å². The van der Waals surface area contributed by atoms with E-state index >= 15 is 0 Å². The maximum absolute atomic E-state index is 12.1. The number of aryl methyl sites for hydroxylation is 2. The van der Waals surface area contributed by atoms with Crippen LogP contribution in [0.4, 0.5) is 5.69 Å². The first-order valence-corrected chi connectivity index (χ1v) is 7.62. The molecule has 0 saturated heterocycles. The summed E-state index contributed by atoms with van der Waals surface area (Å²) in [6, 6.07) is 6.26. The van der Waals surface area contributed by atoms with Gasteiger partial charge in [0.1, 0.15) is 0 Å². The predicted octanol–water partition coefficient (Wildman–Crippen LogP) is 2.55. The summed E-state index contributed by atoms with van der Waals surface area (Å²) in [5.74, 6) is 0.537. The summed E-state index contributed by atoms with van der Waals surface area (Å²) in [5, 5.41) is 3.25. The molecule has 118 valence electrons. The van der Waals surface area contributed by atoms with Crippen molar-refractivity contribution in [3.8, 4) is 0 Å². The number of likely N-dealkylation sites (N-methyl/N-ethyl adjacent to an activating group) is 1. The van der Waals surface area contributed by atoms with Gasteiger partial charge in [-0.25, -0.2) is 0 Å². The summed E-state index contributed by atoms with van der Waals surface area (Å²) < 4.78 is 0. The van der Waals surface area contributed by atoms with Crippen LogP contribution in [0.25, 0.3) is 0 Å². The van der Waals surface area contributed by atoms with Gasteiger partial charge in [-0.3, -0.25) is 4.79 Å². The van der Waals surface area contributed by atoms with Gasteiger partial charge in [0.2, 0.25) is 5.91 Å². The van der Waals surface area contributed by atoms with Crippen LogP contribution in [0.1, 0.15) is 31.4 Å². The Morgan fingerprint density at radius 1 is 1.29 bits per heavy atom. The number of hydrogen-bond acceptors (Lipinski definition) is 3. The molecule has 4 nitrogen and oxygen atoms in total. The third-order valence-corrected chi connectivity index (χ3v) is 3.98. The van der Waals surface area contributed by atoms with Gasteiger partial charge in [0.05, 0.1) is 6.54 Å². The number of carbonyl (C=O) groups is 1. The standard InChI is InChI=1S/C17H29N3O/c1-12(2)15(18)9-10-20(5)16(21)11-19-17-13(3)7-6-8-14(17)4/h6-8,12,15,19H,9-11,18H2,1-5H3. The largest absolute Gasteiger partial charge is 0.376 e. The minimum absolute atomic E-state index is 0.0913. The topological polar surface area (TPSA) is 58.4 Å². The lowest BCUT2D eigenvalue weighted by Crippen LogP contribution is -2.37. The molecular formula is C17H29N3O. The second-order valence-corrected chi connectivity index (χ2v) is 6.13. The molecule has 0 aliphatic carbocycles. The van der Waals surface area contributed by atoms with E-state index in [0.29, 0.717) is 19.0 Å². The Hall–Kier alpha value is -1.55. The van der Waals surface area contributed by atoms with Crippen molar-refractivity contribution in [2.75, 3.05) is 25.5 Å². The summed E-state index contributed by atoms with van der Waals surface area (Å²) >= 11 is 0. The Bertz CT molecular complexity index is 451. The zero-order chi connectivity index (χ0) is 16.0. The molecule has 1 atom stereocenters. The van der Waals surface area contributed by atoms with Crippen LogP contribution in [0.15, 0.2) is 18.2 Å². The fraction of sp³-hybridized carbons (Fsp3) is 0.588. The van der Waals surface area contributed by atoms with Crippen LogP contribution >= 0.6 is 0 Å². The van der Waals surface area contributed by atoms with Gasteiger partial charge in [0.25, 0.3) is 0 Å². The van der Waals surface area contributed by atoms with Crippen molar-refractivity contribution < 1.29 is 4.79 Å². The highest BCUT2D eigenvalue weighted by molar-refractivity contribution is 5.81. The summed E-state index contributed by atoms with van der Waals surface area (Å²) in [5.41, 5.74) is 9.39. The number of nitrogens with zero attached hydrogens (tertiary/aromatic N) is 1. The minimum Gasteiger partial charge on any atom is -0.376 e. The normalized spacial score (nSPS) is 12.3. The van der Waals surface area contributed by atoms with Gasteiger partial charge >= 0.3 is 0 Å². The fourth-order valence-electron chi connectivity index (χ4n) is 2.19. The number of nitrogens with one attached hydrogen (secondary N) is 1. The van der Waals surface area contributed by atoms with Crippen molar-refractivity contribution in [3.63, 3.8) is 0 Å². The molecule has 1 unspecified atom stereocenters. The zero-order valence-electron chi connectivity index (χ0n) is 13.9. The number of benzene rings is 1. The Morgan fingerprint density at radius 2 is 1.86 bits per heavy atom. The molecule has 0 heterocycles. The number of hydrogen-bond donors (Lipinski definition) is 2. The summed E-state index contributed by atoms with van der Waals surface area (Å²) in [6.07, 6.45) is 0.837. The van der Waals surface area contributed by atoms with E-state index in [1.165, 1.54) is 0 Å². The third kappa shape index (κ3) is 5.38. The Balaban J connectivity index is 2.46. The maximum Gasteiger partial charge on any atom is 0.241 e. The smallest absolute Gasteiger partial charge is 0.241 e. The average Bonchev–Trinajstić information content (AvgIpc) is 2.43. The number of nitrogens with two attached hydrogens (primary N) is 1. The highest BCUT2D eigenvalue weighted by atomic mass is 16.2. The van der Waals surface area contributed by atoms with E-state index in [4.69, 9.17) is 5.73 Å². The molecule has 0 aliphatic heterocycles. The molecule has 0 radical (unpaired) electrons. The van der Waals surface area contributed by atoms with Crippen LogP contribution < -0.4 is 11.1 Å². The zero-order valence-corrected chi connectivity index (χ0v) is 13.9. The van der Waals surface area contributed by atoms with Crippen molar-refractivity contribution in [1.29, 1.82) is 0 Å². The molecular weight excluding hydrogens is 262 g/mol. The van der Waals surface area contributed by atoms with E-state index in [1.54, 1.807) is 4.90 Å².